The summed E-state index contributed by atoms with van der Waals surface area (Å²) in [5.41, 5.74) is 9.66. The van der Waals surface area contributed by atoms with Gasteiger partial charge in [0.1, 0.15) is 6.67 Å². The van der Waals surface area contributed by atoms with Crippen LogP contribution < -0.4 is 25.6 Å². The summed E-state index contributed by atoms with van der Waals surface area (Å²) >= 11 is 6.69. The first kappa shape index (κ1) is 24.0. The van der Waals surface area contributed by atoms with Crippen LogP contribution in [0.25, 0.3) is 11.3 Å². The third kappa shape index (κ3) is 4.45. The minimum Gasteiger partial charge on any atom is -0.464 e. The van der Waals surface area contributed by atoms with Gasteiger partial charge in [0.05, 0.1) is 71.7 Å². The molecular weight excluding hydrogens is 482 g/mol. The molecule has 0 aliphatic carbocycles. The van der Waals surface area contributed by atoms with Crippen molar-refractivity contribution in [2.24, 2.45) is 0 Å². The molecular formula is C25H28ClN7O3. The highest BCUT2D eigenvalue weighted by Crippen LogP contribution is 2.46. The Bertz CT molecular complexity index is 1280. The molecule has 11 heteroatoms. The summed E-state index contributed by atoms with van der Waals surface area (Å²) in [6.45, 7) is 3.62. The lowest BCUT2D eigenvalue weighted by atomic mass is 10.1. The molecule has 10 nitrogen and oxygen atoms in total. The largest absolute Gasteiger partial charge is 0.464 e. The average Bonchev–Trinajstić information content (AvgIpc) is 3.23. The Morgan fingerprint density at radius 1 is 1.14 bits per heavy atom. The van der Waals surface area contributed by atoms with Crippen LogP contribution in [0.3, 0.4) is 0 Å². The highest BCUT2D eigenvalue weighted by molar-refractivity contribution is 6.33. The van der Waals surface area contributed by atoms with Gasteiger partial charge in [0.15, 0.2) is 5.69 Å². The number of morpholine rings is 1. The number of hydrogen-bond acceptors (Lipinski definition) is 10. The van der Waals surface area contributed by atoms with Gasteiger partial charge in [0, 0.05) is 32.9 Å². The second-order valence-electron chi connectivity index (χ2n) is 8.53. The summed E-state index contributed by atoms with van der Waals surface area (Å²) in [5, 5.41) is 5.96. The minimum atomic E-state index is -0.537. The smallest absolute Gasteiger partial charge is 0.358 e. The third-order valence-electron chi connectivity index (χ3n) is 6.31. The molecule has 3 aromatic rings. The van der Waals surface area contributed by atoms with Crippen molar-refractivity contribution < 1.29 is 14.3 Å². The number of carbonyl (C=O) groups excluding carboxylic acids is 1. The second-order valence-corrected chi connectivity index (χ2v) is 8.94. The van der Waals surface area contributed by atoms with Gasteiger partial charge in [-0.1, -0.05) is 11.6 Å². The molecule has 2 aromatic carbocycles. The molecule has 188 valence electrons. The predicted molar refractivity (Wildman–Crippen MR) is 142 cm³/mol. The number of benzene rings is 2. The molecule has 1 fully saturated rings. The van der Waals surface area contributed by atoms with Crippen LogP contribution in [0.15, 0.2) is 42.7 Å². The SMILES string of the molecule is CNc1ccc2c(c1-c1cncc(C(=O)OC)n1)N(Nc1ccc(N3CCOCC3)c(Cl)c1)CN2C. The van der Waals surface area contributed by atoms with E-state index in [4.69, 9.17) is 21.1 Å². The van der Waals surface area contributed by atoms with Gasteiger partial charge in [-0.05, 0) is 30.3 Å². The standard InChI is InChI=1S/C25H28ClN7O3/c1-27-18-5-7-22-24(23(18)19-13-28-14-20(29-19)25(34)35-3)33(15-31(22)2)30-16-4-6-21(17(26)12-16)32-8-10-36-11-9-32/h4-7,12-14,27,30H,8-11,15H2,1-3H3. The van der Waals surface area contributed by atoms with Crippen molar-refractivity contribution >= 4 is 46.0 Å². The fourth-order valence-corrected chi connectivity index (χ4v) is 4.86. The van der Waals surface area contributed by atoms with Gasteiger partial charge < -0.3 is 24.6 Å². The Balaban J connectivity index is 1.52. The Morgan fingerprint density at radius 3 is 2.64 bits per heavy atom. The zero-order valence-corrected chi connectivity index (χ0v) is 21.2. The first-order chi connectivity index (χ1) is 17.5. The van der Waals surface area contributed by atoms with Crippen molar-refractivity contribution in [1.82, 2.24) is 9.97 Å². The van der Waals surface area contributed by atoms with E-state index in [0.717, 1.165) is 47.1 Å². The lowest BCUT2D eigenvalue weighted by molar-refractivity contribution is 0.0593. The summed E-state index contributed by atoms with van der Waals surface area (Å²) in [5.74, 6) is -0.537. The highest BCUT2D eigenvalue weighted by atomic mass is 35.5. The van der Waals surface area contributed by atoms with Crippen LogP contribution in [-0.2, 0) is 9.47 Å². The van der Waals surface area contributed by atoms with E-state index in [1.807, 2.05) is 43.4 Å². The summed E-state index contributed by atoms with van der Waals surface area (Å²) in [6, 6.07) is 10.0. The normalized spacial score (nSPS) is 15.1. The van der Waals surface area contributed by atoms with Crippen molar-refractivity contribution in [3.8, 4) is 11.3 Å². The van der Waals surface area contributed by atoms with Crippen molar-refractivity contribution in [1.29, 1.82) is 0 Å². The molecule has 0 bridgehead atoms. The van der Waals surface area contributed by atoms with E-state index in [2.05, 4.69) is 36.6 Å². The van der Waals surface area contributed by atoms with Gasteiger partial charge in [0.25, 0.3) is 0 Å². The lowest BCUT2D eigenvalue weighted by Gasteiger charge is -2.30. The molecule has 2 N–H and O–H groups in total. The summed E-state index contributed by atoms with van der Waals surface area (Å²) in [6.07, 6.45) is 3.05. The van der Waals surface area contributed by atoms with E-state index in [-0.39, 0.29) is 5.69 Å². The van der Waals surface area contributed by atoms with Gasteiger partial charge in [-0.3, -0.25) is 15.4 Å². The average molecular weight is 510 g/mol. The van der Waals surface area contributed by atoms with Crippen LogP contribution in [0, 0.1) is 0 Å². The number of aromatic nitrogens is 2. The maximum absolute atomic E-state index is 12.1. The summed E-state index contributed by atoms with van der Waals surface area (Å²) < 4.78 is 10.3. The molecule has 0 amide bonds. The van der Waals surface area contributed by atoms with Crippen molar-refractivity contribution in [3.05, 3.63) is 53.4 Å². The van der Waals surface area contributed by atoms with E-state index in [0.29, 0.717) is 30.6 Å². The van der Waals surface area contributed by atoms with Crippen molar-refractivity contribution in [3.63, 3.8) is 0 Å². The molecule has 2 aliphatic heterocycles. The molecule has 1 saturated heterocycles. The van der Waals surface area contributed by atoms with Gasteiger partial charge >= 0.3 is 5.97 Å². The van der Waals surface area contributed by atoms with Crippen LogP contribution in [0.1, 0.15) is 10.5 Å². The highest BCUT2D eigenvalue weighted by Gasteiger charge is 2.30. The number of halogens is 1. The molecule has 2 aliphatic rings. The summed E-state index contributed by atoms with van der Waals surface area (Å²) in [7, 11) is 5.20. The number of fused-ring (bicyclic) bond motifs is 1. The predicted octanol–water partition coefficient (Wildman–Crippen LogP) is 3.70. The lowest BCUT2D eigenvalue weighted by Crippen LogP contribution is -2.36. The summed E-state index contributed by atoms with van der Waals surface area (Å²) in [4.78, 5) is 25.3. The molecule has 5 rings (SSSR count). The third-order valence-corrected chi connectivity index (χ3v) is 6.61. The Hall–Kier alpha value is -3.76. The van der Waals surface area contributed by atoms with Crippen LogP contribution >= 0.6 is 11.6 Å². The molecule has 0 unspecified atom stereocenters. The Kier molecular flexibility index (Phi) is 6.71. The molecule has 0 atom stereocenters. The number of carbonyl (C=O) groups is 1. The number of anilines is 5. The minimum absolute atomic E-state index is 0.144. The number of esters is 1. The number of methoxy groups -OCH3 is 1. The van der Waals surface area contributed by atoms with Gasteiger partial charge in [0.2, 0.25) is 0 Å². The molecule has 0 radical (unpaired) electrons. The van der Waals surface area contributed by atoms with E-state index in [1.165, 1.54) is 13.3 Å². The zero-order chi connectivity index (χ0) is 25.2. The van der Waals surface area contributed by atoms with Gasteiger partial charge in [-0.15, -0.1) is 0 Å². The topological polar surface area (TPSA) is 95.1 Å². The fourth-order valence-electron chi connectivity index (χ4n) is 4.56. The van der Waals surface area contributed by atoms with Crippen molar-refractivity contribution in [2.45, 2.75) is 0 Å². The fraction of sp³-hybridized carbons (Fsp3) is 0.320. The van der Waals surface area contributed by atoms with Gasteiger partial charge in [-0.25, -0.2) is 9.78 Å². The molecule has 0 spiro atoms. The van der Waals surface area contributed by atoms with E-state index in [9.17, 15) is 4.79 Å². The first-order valence-electron chi connectivity index (χ1n) is 11.6. The van der Waals surface area contributed by atoms with Crippen LogP contribution in [0.5, 0.6) is 0 Å². The number of ether oxygens (including phenoxy) is 2. The van der Waals surface area contributed by atoms with E-state index < -0.39 is 5.97 Å². The zero-order valence-electron chi connectivity index (χ0n) is 20.4. The van der Waals surface area contributed by atoms with Crippen LogP contribution in [0.2, 0.25) is 5.02 Å². The first-order valence-corrected chi connectivity index (χ1v) is 12.0. The van der Waals surface area contributed by atoms with Crippen molar-refractivity contribution in [2.75, 3.05) is 79.7 Å². The molecule has 3 heterocycles. The second kappa shape index (κ2) is 10.1. The van der Waals surface area contributed by atoms with E-state index in [1.54, 1.807) is 6.20 Å². The Labute approximate surface area is 214 Å². The number of hydrazine groups is 1. The Morgan fingerprint density at radius 2 is 1.92 bits per heavy atom. The van der Waals surface area contributed by atoms with Gasteiger partial charge in [-0.2, -0.15) is 0 Å². The molecule has 0 saturated carbocycles. The number of nitrogens with zero attached hydrogens (tertiary/aromatic N) is 5. The molecule has 36 heavy (non-hydrogen) atoms. The maximum atomic E-state index is 12.1. The quantitative estimate of drug-likeness (QED) is 0.479. The van der Waals surface area contributed by atoms with E-state index >= 15 is 0 Å². The number of hydrogen-bond donors (Lipinski definition) is 2. The maximum Gasteiger partial charge on any atom is 0.358 e. The van der Waals surface area contributed by atoms with Crippen LogP contribution in [-0.4, -0.2) is 70.1 Å². The number of rotatable bonds is 6. The number of nitrogens with one attached hydrogen (secondary N) is 2. The van der Waals surface area contributed by atoms with Crippen LogP contribution in [0.4, 0.5) is 28.4 Å². The monoisotopic (exact) mass is 509 g/mol. The molecule has 1 aromatic heterocycles.